The fourth-order valence-electron chi connectivity index (χ4n) is 1.66. The number of anilines is 1. The molecule has 0 saturated heterocycles. The van der Waals surface area contributed by atoms with Gasteiger partial charge < -0.3 is 9.55 Å². The maximum absolute atomic E-state index is 12.4. The summed E-state index contributed by atoms with van der Waals surface area (Å²) < 4.78 is 64.6. The van der Waals surface area contributed by atoms with E-state index in [1.165, 1.54) is 7.05 Å². The lowest BCUT2D eigenvalue weighted by Crippen LogP contribution is -2.40. The Morgan fingerprint density at radius 3 is 2.39 bits per heavy atom. The van der Waals surface area contributed by atoms with Crippen molar-refractivity contribution in [2.75, 3.05) is 4.72 Å². The van der Waals surface area contributed by atoms with Crippen molar-refractivity contribution in [3.63, 3.8) is 0 Å². The van der Waals surface area contributed by atoms with Crippen molar-refractivity contribution in [2.45, 2.75) is 11.1 Å². The van der Waals surface area contributed by atoms with Gasteiger partial charge in [0.25, 0.3) is 15.6 Å². The van der Waals surface area contributed by atoms with Gasteiger partial charge in [0.1, 0.15) is 5.69 Å². The summed E-state index contributed by atoms with van der Waals surface area (Å²) in [5, 5.41) is 0. The fraction of sp³-hybridized carbons (Fsp3) is 0.300. The van der Waals surface area contributed by atoms with Crippen molar-refractivity contribution < 1.29 is 21.6 Å². The highest BCUT2D eigenvalue weighted by Crippen LogP contribution is 2.28. The molecule has 23 heavy (non-hydrogen) atoms. The van der Waals surface area contributed by atoms with E-state index in [1.54, 1.807) is 9.71 Å². The van der Waals surface area contributed by atoms with Crippen LogP contribution in [-0.4, -0.2) is 27.5 Å². The third kappa shape index (κ3) is 3.13. The van der Waals surface area contributed by atoms with Crippen LogP contribution in [0.4, 0.5) is 19.1 Å². The Balaban J connectivity index is 2.47. The van der Waals surface area contributed by atoms with E-state index in [0.29, 0.717) is 10.8 Å². The van der Waals surface area contributed by atoms with Gasteiger partial charge in [-0.15, -0.1) is 0 Å². The first kappa shape index (κ1) is 16.8. The summed E-state index contributed by atoms with van der Waals surface area (Å²) in [5.74, 6) is -0.715. The van der Waals surface area contributed by atoms with Crippen molar-refractivity contribution in [3.8, 4) is 0 Å². The number of sulfonamides is 1. The van der Waals surface area contributed by atoms with Gasteiger partial charge in [-0.3, -0.25) is 9.36 Å². The zero-order valence-electron chi connectivity index (χ0n) is 11.7. The highest BCUT2D eigenvalue weighted by molar-refractivity contribution is 7.92. The van der Waals surface area contributed by atoms with E-state index in [2.05, 4.69) is 4.98 Å². The number of aryl methyl sites for hydroxylation is 1. The second-order valence-electron chi connectivity index (χ2n) is 4.50. The van der Waals surface area contributed by atoms with Crippen molar-refractivity contribution in [1.29, 1.82) is 0 Å². The zero-order chi connectivity index (χ0) is 17.6. The normalized spacial score (nSPS) is 12.4. The number of alkyl halides is 3. The molecule has 0 bridgehead atoms. The summed E-state index contributed by atoms with van der Waals surface area (Å²) in [6, 6.07) is 0. The lowest BCUT2D eigenvalue weighted by molar-refractivity contribution is -0.140. The lowest BCUT2D eigenvalue weighted by atomic mass is 10.5. The molecular weight excluding hydrogens is 343 g/mol. The minimum absolute atomic E-state index is 0.400. The van der Waals surface area contributed by atoms with Crippen molar-refractivity contribution in [1.82, 2.24) is 19.1 Å². The molecule has 0 aliphatic carbocycles. The number of H-pyrrole nitrogens is 1. The molecule has 2 rings (SSSR count). The first-order valence-electron chi connectivity index (χ1n) is 5.85. The highest BCUT2D eigenvalue weighted by Gasteiger charge is 2.33. The number of rotatable bonds is 3. The van der Waals surface area contributed by atoms with Gasteiger partial charge in [0, 0.05) is 20.3 Å². The van der Waals surface area contributed by atoms with Gasteiger partial charge in [0.2, 0.25) is 5.95 Å². The molecule has 0 saturated carbocycles. The number of halogens is 3. The molecule has 0 radical (unpaired) electrons. The first-order chi connectivity index (χ1) is 10.4. The number of hydrogen-bond donors (Lipinski definition) is 2. The van der Waals surface area contributed by atoms with Gasteiger partial charge in [0.15, 0.2) is 4.90 Å². The largest absolute Gasteiger partial charge is 0.432 e. The lowest BCUT2D eigenvalue weighted by Gasteiger charge is -2.08. The van der Waals surface area contributed by atoms with E-state index in [1.807, 2.05) is 0 Å². The molecule has 0 aliphatic rings. The van der Waals surface area contributed by atoms with E-state index < -0.39 is 44.0 Å². The quantitative estimate of drug-likeness (QED) is 0.780. The predicted octanol–water partition coefficient (Wildman–Crippen LogP) is -0.373. The molecule has 0 aromatic carbocycles. The third-order valence-corrected chi connectivity index (χ3v) is 4.14. The molecule has 2 aromatic rings. The van der Waals surface area contributed by atoms with E-state index >= 15 is 0 Å². The van der Waals surface area contributed by atoms with Crippen LogP contribution < -0.4 is 16.0 Å². The van der Waals surface area contributed by atoms with Crippen LogP contribution in [0.5, 0.6) is 0 Å². The van der Waals surface area contributed by atoms with Crippen LogP contribution in [0.3, 0.4) is 0 Å². The molecule has 9 nitrogen and oxygen atoms in total. The van der Waals surface area contributed by atoms with Gasteiger partial charge in [-0.05, 0) is 0 Å². The maximum atomic E-state index is 12.4. The molecule has 0 aliphatic heterocycles. The molecule has 2 heterocycles. The first-order valence-corrected chi connectivity index (χ1v) is 7.33. The molecular formula is C10H10F3N5O4S. The average Bonchev–Trinajstić information content (AvgIpc) is 2.88. The Labute approximate surface area is 126 Å². The molecule has 0 unspecified atom stereocenters. The molecule has 0 spiro atoms. The number of nitrogens with one attached hydrogen (secondary N) is 2. The Bertz CT molecular complexity index is 970. The Hall–Kier alpha value is -2.57. The second-order valence-corrected chi connectivity index (χ2v) is 6.15. The van der Waals surface area contributed by atoms with Gasteiger partial charge >= 0.3 is 11.9 Å². The fourth-order valence-corrected chi connectivity index (χ4v) is 2.79. The average molecular weight is 353 g/mol. The summed E-state index contributed by atoms with van der Waals surface area (Å²) in [6.07, 6.45) is -3.57. The monoisotopic (exact) mass is 353 g/mol. The molecule has 0 amide bonds. The highest BCUT2D eigenvalue weighted by atomic mass is 32.2. The van der Waals surface area contributed by atoms with Crippen LogP contribution in [-0.2, 0) is 30.3 Å². The molecule has 2 aromatic heterocycles. The van der Waals surface area contributed by atoms with Crippen molar-refractivity contribution >= 4 is 16.0 Å². The van der Waals surface area contributed by atoms with E-state index in [0.717, 1.165) is 17.8 Å². The SMILES string of the molecule is Cn1cc(S(=O)(=O)Nc2ncc(C(F)(F)F)[nH]2)c(=O)n(C)c1=O. The Kier molecular flexibility index (Phi) is 3.84. The van der Waals surface area contributed by atoms with Gasteiger partial charge in [-0.25, -0.2) is 22.9 Å². The number of aromatic nitrogens is 4. The van der Waals surface area contributed by atoms with E-state index in [9.17, 15) is 31.2 Å². The number of nitrogens with zero attached hydrogens (tertiary/aromatic N) is 3. The summed E-state index contributed by atoms with van der Waals surface area (Å²) in [7, 11) is -2.26. The summed E-state index contributed by atoms with van der Waals surface area (Å²) in [4.78, 5) is 27.5. The second kappa shape index (κ2) is 5.26. The van der Waals surface area contributed by atoms with E-state index in [-0.39, 0.29) is 0 Å². The summed E-state index contributed by atoms with van der Waals surface area (Å²) in [5.41, 5.74) is -3.14. The van der Waals surface area contributed by atoms with Crippen LogP contribution in [0.1, 0.15) is 5.69 Å². The van der Waals surface area contributed by atoms with Crippen LogP contribution in [0.15, 0.2) is 26.9 Å². The zero-order valence-corrected chi connectivity index (χ0v) is 12.5. The van der Waals surface area contributed by atoms with Gasteiger partial charge in [0.05, 0.1) is 6.20 Å². The van der Waals surface area contributed by atoms with Gasteiger partial charge in [-0.1, -0.05) is 0 Å². The van der Waals surface area contributed by atoms with Crippen molar-refractivity contribution in [2.24, 2.45) is 14.1 Å². The molecule has 13 heteroatoms. The third-order valence-electron chi connectivity index (χ3n) is 2.82. The number of imidazole rings is 1. The summed E-state index contributed by atoms with van der Waals surface area (Å²) >= 11 is 0. The molecule has 0 fully saturated rings. The number of aromatic amines is 1. The van der Waals surface area contributed by atoms with Crippen LogP contribution in [0.25, 0.3) is 0 Å². The van der Waals surface area contributed by atoms with Gasteiger partial charge in [-0.2, -0.15) is 13.2 Å². The Morgan fingerprint density at radius 2 is 1.87 bits per heavy atom. The van der Waals surface area contributed by atoms with Crippen LogP contribution in [0.2, 0.25) is 0 Å². The molecule has 2 N–H and O–H groups in total. The summed E-state index contributed by atoms with van der Waals surface area (Å²) in [6.45, 7) is 0. The Morgan fingerprint density at radius 1 is 1.26 bits per heavy atom. The molecule has 126 valence electrons. The minimum Gasteiger partial charge on any atom is -0.320 e. The van der Waals surface area contributed by atoms with Crippen LogP contribution in [0, 0.1) is 0 Å². The number of hydrogen-bond acceptors (Lipinski definition) is 5. The predicted molar refractivity (Wildman–Crippen MR) is 71.3 cm³/mol. The minimum atomic E-state index is -4.73. The molecule has 0 atom stereocenters. The topological polar surface area (TPSA) is 119 Å². The standard InChI is InChI=1S/C10H10F3N5O4S/c1-17-4-5(7(19)18(2)9(17)20)23(21,22)16-8-14-3-6(15-8)10(11,12)13/h3-4H,1-2H3,(H2,14,15,16). The maximum Gasteiger partial charge on any atom is 0.432 e. The smallest absolute Gasteiger partial charge is 0.320 e. The van der Waals surface area contributed by atoms with Crippen LogP contribution >= 0.6 is 0 Å². The van der Waals surface area contributed by atoms with Crippen molar-refractivity contribution in [3.05, 3.63) is 38.9 Å². The van der Waals surface area contributed by atoms with E-state index in [4.69, 9.17) is 0 Å².